The normalized spacial score (nSPS) is 24.9. The van der Waals surface area contributed by atoms with Crippen LogP contribution in [0.1, 0.15) is 64.7 Å². The summed E-state index contributed by atoms with van der Waals surface area (Å²) in [5.41, 5.74) is -0.516. The van der Waals surface area contributed by atoms with Crippen LogP contribution in [-0.4, -0.2) is 47.7 Å². The lowest BCUT2D eigenvalue weighted by Gasteiger charge is -2.31. The smallest absolute Gasteiger partial charge is 0.305 e. The van der Waals surface area contributed by atoms with Crippen molar-refractivity contribution in [1.82, 2.24) is 10.6 Å². The second-order valence-corrected chi connectivity index (χ2v) is 7.79. The lowest BCUT2D eigenvalue weighted by molar-refractivity contribution is -0.147. The molecule has 27 heavy (non-hydrogen) atoms. The highest BCUT2D eigenvalue weighted by Crippen LogP contribution is 2.31. The molecule has 3 N–H and O–H groups in total. The fraction of sp³-hybridized carbons (Fsp3) is 0.750. The molecule has 1 saturated carbocycles. The second kappa shape index (κ2) is 10.4. The van der Waals surface area contributed by atoms with E-state index in [-0.39, 0.29) is 43.5 Å². The van der Waals surface area contributed by atoms with Gasteiger partial charge in [-0.2, -0.15) is 0 Å². The predicted molar refractivity (Wildman–Crippen MR) is 101 cm³/mol. The number of amides is 2. The van der Waals surface area contributed by atoms with Crippen LogP contribution in [0.15, 0.2) is 12.2 Å². The Morgan fingerprint density at radius 1 is 1.33 bits per heavy atom. The zero-order valence-corrected chi connectivity index (χ0v) is 16.2. The number of allylic oxidation sites excluding steroid dienone is 2. The zero-order chi connectivity index (χ0) is 19.7. The van der Waals surface area contributed by atoms with E-state index in [1.54, 1.807) is 6.92 Å². The minimum atomic E-state index is -0.516. The van der Waals surface area contributed by atoms with Crippen molar-refractivity contribution < 1.29 is 24.2 Å². The summed E-state index contributed by atoms with van der Waals surface area (Å²) in [6, 6.07) is -0.341. The number of carbonyl (C=O) groups excluding carboxylic acids is 3. The number of nitrogens with one attached hydrogen (secondary N) is 2. The van der Waals surface area contributed by atoms with Gasteiger partial charge >= 0.3 is 5.97 Å². The molecule has 0 bridgehead atoms. The molecule has 2 unspecified atom stereocenters. The van der Waals surface area contributed by atoms with Crippen LogP contribution in [0, 0.1) is 5.92 Å². The van der Waals surface area contributed by atoms with Crippen LogP contribution in [0.3, 0.4) is 0 Å². The average Bonchev–Trinajstić information content (AvgIpc) is 3.09. The molecule has 152 valence electrons. The Balaban J connectivity index is 2.10. The monoisotopic (exact) mass is 380 g/mol. The van der Waals surface area contributed by atoms with Crippen LogP contribution in [0.5, 0.6) is 0 Å². The number of esters is 1. The summed E-state index contributed by atoms with van der Waals surface area (Å²) >= 11 is 0. The van der Waals surface area contributed by atoms with Crippen LogP contribution >= 0.6 is 0 Å². The Morgan fingerprint density at radius 2 is 2.07 bits per heavy atom. The van der Waals surface area contributed by atoms with Gasteiger partial charge in [0.05, 0.1) is 18.1 Å². The Bertz CT molecular complexity index is 555. The van der Waals surface area contributed by atoms with Gasteiger partial charge in [0, 0.05) is 18.9 Å². The highest BCUT2D eigenvalue weighted by atomic mass is 16.5. The van der Waals surface area contributed by atoms with Gasteiger partial charge < -0.3 is 20.5 Å². The third kappa shape index (κ3) is 6.97. The van der Waals surface area contributed by atoms with Crippen LogP contribution in [0.25, 0.3) is 0 Å². The van der Waals surface area contributed by atoms with E-state index in [0.717, 1.165) is 32.1 Å². The van der Waals surface area contributed by atoms with Crippen molar-refractivity contribution in [2.75, 3.05) is 13.2 Å². The molecule has 0 aromatic rings. The third-order valence-corrected chi connectivity index (χ3v) is 5.28. The molecule has 1 spiro atoms. The number of hydrogen-bond acceptors (Lipinski definition) is 5. The molecule has 1 heterocycles. The molecular formula is C20H32N2O5. The van der Waals surface area contributed by atoms with Crippen molar-refractivity contribution in [3.8, 4) is 0 Å². The lowest BCUT2D eigenvalue weighted by atomic mass is 9.94. The van der Waals surface area contributed by atoms with Crippen molar-refractivity contribution in [1.29, 1.82) is 0 Å². The zero-order valence-electron chi connectivity index (χ0n) is 16.2. The van der Waals surface area contributed by atoms with E-state index in [9.17, 15) is 14.4 Å². The van der Waals surface area contributed by atoms with E-state index in [2.05, 4.69) is 10.6 Å². The Morgan fingerprint density at radius 3 is 2.78 bits per heavy atom. The highest BCUT2D eigenvalue weighted by Gasteiger charge is 2.38. The molecule has 2 amide bonds. The Labute approximate surface area is 160 Å². The van der Waals surface area contributed by atoms with Crippen LogP contribution in [0.4, 0.5) is 0 Å². The Kier molecular flexibility index (Phi) is 8.28. The van der Waals surface area contributed by atoms with Crippen molar-refractivity contribution >= 4 is 17.8 Å². The molecule has 0 aromatic heterocycles. The third-order valence-electron chi connectivity index (χ3n) is 5.28. The van der Waals surface area contributed by atoms with Gasteiger partial charge in [0.25, 0.3) is 0 Å². The molecule has 7 heteroatoms. The topological polar surface area (TPSA) is 105 Å². The van der Waals surface area contributed by atoms with E-state index < -0.39 is 11.5 Å². The summed E-state index contributed by atoms with van der Waals surface area (Å²) in [4.78, 5) is 37.1. The van der Waals surface area contributed by atoms with Crippen molar-refractivity contribution in [2.24, 2.45) is 5.92 Å². The molecule has 1 aliphatic heterocycles. The second-order valence-electron chi connectivity index (χ2n) is 7.79. The van der Waals surface area contributed by atoms with Gasteiger partial charge in [-0.05, 0) is 39.0 Å². The molecule has 2 aliphatic rings. The van der Waals surface area contributed by atoms with Crippen molar-refractivity contribution in [3.05, 3.63) is 12.2 Å². The molecule has 0 saturated heterocycles. The fourth-order valence-corrected chi connectivity index (χ4v) is 3.64. The SMILES string of the molecule is CC(CO)NC(=O)CC1CC=CCCCC(=O)OCC2(CCCC2)NC1=O. The lowest BCUT2D eigenvalue weighted by Crippen LogP contribution is -2.52. The molecule has 1 aliphatic carbocycles. The maximum absolute atomic E-state index is 12.9. The van der Waals surface area contributed by atoms with Crippen LogP contribution in [-0.2, 0) is 19.1 Å². The Hall–Kier alpha value is -1.89. The number of cyclic esters (lactones) is 1. The maximum Gasteiger partial charge on any atom is 0.305 e. The minimum Gasteiger partial charge on any atom is -0.463 e. The minimum absolute atomic E-state index is 0.0659. The van der Waals surface area contributed by atoms with Crippen LogP contribution < -0.4 is 10.6 Å². The van der Waals surface area contributed by atoms with Crippen molar-refractivity contribution in [2.45, 2.75) is 76.3 Å². The van der Waals surface area contributed by atoms with E-state index in [0.29, 0.717) is 19.3 Å². The van der Waals surface area contributed by atoms with E-state index in [4.69, 9.17) is 9.84 Å². The first-order chi connectivity index (χ1) is 12.9. The van der Waals surface area contributed by atoms with Crippen molar-refractivity contribution in [3.63, 3.8) is 0 Å². The molecular weight excluding hydrogens is 348 g/mol. The van der Waals surface area contributed by atoms with E-state index >= 15 is 0 Å². The first-order valence-corrected chi connectivity index (χ1v) is 9.97. The van der Waals surface area contributed by atoms with Gasteiger partial charge in [-0.3, -0.25) is 14.4 Å². The molecule has 0 aromatic carbocycles. The quantitative estimate of drug-likeness (QED) is 0.507. The standard InChI is InChI=1S/C20H32N2O5/c1-15(13-23)21-17(24)12-16-8-4-2-3-5-9-18(25)27-14-20(22-19(16)26)10-6-7-11-20/h2,4,15-16,23H,3,5-14H2,1H3,(H,21,24)(H,22,26). The summed E-state index contributed by atoms with van der Waals surface area (Å²) in [7, 11) is 0. The summed E-state index contributed by atoms with van der Waals surface area (Å²) in [5, 5.41) is 14.9. The number of hydrogen-bond donors (Lipinski definition) is 3. The summed E-state index contributed by atoms with van der Waals surface area (Å²) in [6.45, 7) is 1.77. The highest BCUT2D eigenvalue weighted by molar-refractivity contribution is 5.86. The van der Waals surface area contributed by atoms with E-state index in [1.165, 1.54) is 0 Å². The molecule has 2 rings (SSSR count). The first-order valence-electron chi connectivity index (χ1n) is 9.97. The largest absolute Gasteiger partial charge is 0.463 e. The fourth-order valence-electron chi connectivity index (χ4n) is 3.64. The van der Waals surface area contributed by atoms with Gasteiger partial charge in [0.1, 0.15) is 6.61 Å². The summed E-state index contributed by atoms with van der Waals surface area (Å²) < 4.78 is 5.44. The molecule has 2 atom stereocenters. The van der Waals surface area contributed by atoms with E-state index in [1.807, 2.05) is 12.2 Å². The van der Waals surface area contributed by atoms with Gasteiger partial charge in [-0.15, -0.1) is 0 Å². The molecule has 1 fully saturated rings. The number of aliphatic hydroxyl groups is 1. The summed E-state index contributed by atoms with van der Waals surface area (Å²) in [6.07, 6.45) is 9.75. The predicted octanol–water partition coefficient (Wildman–Crippen LogP) is 1.59. The van der Waals surface area contributed by atoms with Gasteiger partial charge in [0.2, 0.25) is 11.8 Å². The van der Waals surface area contributed by atoms with Gasteiger partial charge in [-0.25, -0.2) is 0 Å². The van der Waals surface area contributed by atoms with Crippen LogP contribution in [0.2, 0.25) is 0 Å². The number of ether oxygens (including phenoxy) is 1. The average molecular weight is 380 g/mol. The van der Waals surface area contributed by atoms with Gasteiger partial charge in [-0.1, -0.05) is 25.0 Å². The molecule has 7 nitrogen and oxygen atoms in total. The maximum atomic E-state index is 12.9. The number of carbonyl (C=O) groups is 3. The number of aliphatic hydroxyl groups excluding tert-OH is 1. The summed E-state index contributed by atoms with van der Waals surface area (Å²) in [5.74, 6) is -1.14. The number of rotatable bonds is 4. The van der Waals surface area contributed by atoms with Gasteiger partial charge in [0.15, 0.2) is 0 Å². The molecule has 0 radical (unpaired) electrons. The first kappa shape index (κ1) is 21.4.